The van der Waals surface area contributed by atoms with E-state index in [0.717, 1.165) is 44.1 Å². The van der Waals surface area contributed by atoms with Crippen LogP contribution in [-0.2, 0) is 20.6 Å². The Morgan fingerprint density at radius 2 is 1.31 bits per heavy atom. The van der Waals surface area contributed by atoms with E-state index in [2.05, 4.69) is 13.8 Å². The van der Waals surface area contributed by atoms with Crippen molar-refractivity contribution in [1.82, 2.24) is 0 Å². The molecule has 4 saturated carbocycles. The van der Waals surface area contributed by atoms with Gasteiger partial charge in [-0.25, -0.2) is 0 Å². The summed E-state index contributed by atoms with van der Waals surface area (Å²) in [5.41, 5.74) is -0.759. The molecule has 0 radical (unpaired) electrons. The third kappa shape index (κ3) is 6.97. The normalized spacial score (nSPS) is 53.1. The topological polar surface area (TPSA) is 210 Å². The number of hydrogen-bond acceptors (Lipinski definition) is 12. The van der Waals surface area contributed by atoms with Crippen LogP contribution in [0.25, 0.3) is 0 Å². The number of rotatable bonds is 4. The summed E-state index contributed by atoms with van der Waals surface area (Å²) in [6.45, 7) is 7.84. The van der Waals surface area contributed by atoms with Gasteiger partial charge in [-0.05, 0) is 112 Å². The minimum atomic E-state index is -0.947. The Morgan fingerprint density at radius 3 is 1.93 bits per heavy atom. The Morgan fingerprint density at radius 1 is 0.685 bits per heavy atom. The average molecular weight is 763 g/mol. The second-order valence-electron chi connectivity index (χ2n) is 18.7. The standard InChI is InChI=1S/C30H44O6.C12H22O6/c1-28-11-9-19(31)14-18(28)7-8-22-23(28)16-26(33)29(2)21(10-12-30(22,29)35)20-15-27(34)36-25(20)13-17-5-3-4-6-24(17)32;1-5-11(15)7(13)3-9(17-5)10-4-8(14)12(16)6(2)18-10/h3-6,18-23,25-27,31-35H,7-16H2,1-2H3;5-16H,3-4H2,1-2H3/t18-,19+,20?,21-,22-,23+,25?,26-,27?,28+,29+,30+;5?,6?,7-,8-,9+,10+,11?,12?/m11/s1. The smallest absolute Gasteiger partial charge is 0.155 e. The molecular formula is C42H66O12. The number of aromatic hydroxyl groups is 1. The van der Waals surface area contributed by atoms with Gasteiger partial charge in [-0.2, -0.15) is 0 Å². The molecule has 1 aromatic carbocycles. The number of hydrogen-bond donors (Lipinski definition) is 9. The Balaban J connectivity index is 0.000000210. The zero-order valence-corrected chi connectivity index (χ0v) is 32.4. The fourth-order valence-electron chi connectivity index (χ4n) is 12.9. The van der Waals surface area contributed by atoms with Gasteiger partial charge in [-0.1, -0.05) is 32.0 Å². The molecule has 12 heteroatoms. The van der Waals surface area contributed by atoms with Crippen molar-refractivity contribution in [3.63, 3.8) is 0 Å². The molecule has 7 fully saturated rings. The lowest BCUT2D eigenvalue weighted by atomic mass is 9.42. The van der Waals surface area contributed by atoms with Crippen molar-refractivity contribution < 1.29 is 60.2 Å². The van der Waals surface area contributed by atoms with Crippen LogP contribution in [0, 0.1) is 40.4 Å². The van der Waals surface area contributed by atoms with Crippen LogP contribution in [0.1, 0.15) is 104 Å². The maximum Gasteiger partial charge on any atom is 0.155 e. The SMILES string of the molecule is CC1O[C@H]([C@@H]2C[C@@H](O)C(O)C(C)O2)C[C@@H](O)C1O.C[C@]12CC[C@H](O)C[C@H]1CC[C@@H]1[C@@H]2C[C@@H](O)[C@]2(C)[C@@H](C3CC(O)OC3Cc3ccccc3O)CC[C@]12O. The predicted octanol–water partition coefficient (Wildman–Crippen LogP) is 2.55. The number of phenols is 1. The lowest BCUT2D eigenvalue weighted by Gasteiger charge is -2.65. The van der Waals surface area contributed by atoms with Crippen LogP contribution in [-0.4, -0.2) is 125 Å². The summed E-state index contributed by atoms with van der Waals surface area (Å²) in [6.07, 6.45) is 1.21. The van der Waals surface area contributed by atoms with Gasteiger partial charge in [0.1, 0.15) is 18.0 Å². The van der Waals surface area contributed by atoms with E-state index >= 15 is 0 Å². The van der Waals surface area contributed by atoms with Crippen molar-refractivity contribution in [1.29, 1.82) is 0 Å². The molecule has 3 aliphatic heterocycles. The van der Waals surface area contributed by atoms with E-state index in [1.54, 1.807) is 26.0 Å². The zero-order valence-electron chi connectivity index (χ0n) is 32.4. The number of phenolic OH excluding ortho intramolecular Hbond substituents is 1. The Hall–Kier alpha value is -1.42. The number of para-hydroxylation sites is 1. The summed E-state index contributed by atoms with van der Waals surface area (Å²) in [5, 5.41) is 94.3. The maximum absolute atomic E-state index is 12.6. The first-order valence-corrected chi connectivity index (χ1v) is 20.7. The molecule has 12 nitrogen and oxygen atoms in total. The molecule has 3 heterocycles. The molecule has 7 unspecified atom stereocenters. The summed E-state index contributed by atoms with van der Waals surface area (Å²) in [4.78, 5) is 0. The molecule has 3 saturated heterocycles. The van der Waals surface area contributed by atoms with E-state index in [0.29, 0.717) is 31.6 Å². The van der Waals surface area contributed by atoms with E-state index in [1.807, 2.05) is 12.1 Å². The van der Waals surface area contributed by atoms with Crippen LogP contribution in [0.3, 0.4) is 0 Å². The van der Waals surface area contributed by atoms with Gasteiger partial charge in [-0.3, -0.25) is 0 Å². The average Bonchev–Trinajstić information content (AvgIpc) is 3.63. The molecule has 7 aliphatic rings. The fourth-order valence-corrected chi connectivity index (χ4v) is 12.9. The van der Waals surface area contributed by atoms with Crippen molar-refractivity contribution in [2.24, 2.45) is 40.4 Å². The second-order valence-corrected chi connectivity index (χ2v) is 18.7. The van der Waals surface area contributed by atoms with Gasteiger partial charge in [0.05, 0.1) is 60.5 Å². The quantitative estimate of drug-likeness (QED) is 0.217. The molecule has 306 valence electrons. The van der Waals surface area contributed by atoms with Gasteiger partial charge in [0.15, 0.2) is 6.29 Å². The summed E-state index contributed by atoms with van der Waals surface area (Å²) in [6, 6.07) is 7.28. The highest BCUT2D eigenvalue weighted by molar-refractivity contribution is 5.32. The summed E-state index contributed by atoms with van der Waals surface area (Å²) in [5.74, 6) is 1.14. The van der Waals surface area contributed by atoms with E-state index in [4.69, 9.17) is 14.2 Å². The van der Waals surface area contributed by atoms with Crippen molar-refractivity contribution in [3.05, 3.63) is 29.8 Å². The van der Waals surface area contributed by atoms with Gasteiger partial charge in [0.2, 0.25) is 0 Å². The Labute approximate surface area is 319 Å². The first-order valence-electron chi connectivity index (χ1n) is 20.7. The fraction of sp³-hybridized carbons (Fsp3) is 0.857. The molecule has 1 aromatic rings. The van der Waals surface area contributed by atoms with Crippen molar-refractivity contribution in [2.45, 2.75) is 184 Å². The van der Waals surface area contributed by atoms with Gasteiger partial charge in [-0.15, -0.1) is 0 Å². The molecule has 9 N–H and O–H groups in total. The minimum Gasteiger partial charge on any atom is -0.508 e. The molecule has 4 aliphatic carbocycles. The van der Waals surface area contributed by atoms with Gasteiger partial charge in [0.25, 0.3) is 0 Å². The van der Waals surface area contributed by atoms with Crippen molar-refractivity contribution in [2.75, 3.05) is 0 Å². The van der Waals surface area contributed by atoms with Crippen molar-refractivity contribution in [3.8, 4) is 5.75 Å². The molecule has 54 heavy (non-hydrogen) atoms. The number of benzene rings is 1. The minimum absolute atomic E-state index is 0.00147. The third-order valence-corrected chi connectivity index (χ3v) is 16.1. The van der Waals surface area contributed by atoms with Gasteiger partial charge in [0, 0.05) is 31.1 Å². The summed E-state index contributed by atoms with van der Waals surface area (Å²) >= 11 is 0. The number of aliphatic hydroxyl groups is 8. The lowest BCUT2D eigenvalue weighted by molar-refractivity contribution is -0.251. The largest absolute Gasteiger partial charge is 0.508 e. The first-order chi connectivity index (χ1) is 25.5. The van der Waals surface area contributed by atoms with Crippen LogP contribution in [0.2, 0.25) is 0 Å². The maximum atomic E-state index is 12.6. The molecule has 0 aromatic heterocycles. The van der Waals surface area contributed by atoms with Crippen LogP contribution >= 0.6 is 0 Å². The van der Waals surface area contributed by atoms with E-state index in [-0.39, 0.29) is 72.1 Å². The molecule has 0 amide bonds. The molecule has 0 bridgehead atoms. The highest BCUT2D eigenvalue weighted by Gasteiger charge is 2.71. The predicted molar refractivity (Wildman–Crippen MR) is 197 cm³/mol. The second kappa shape index (κ2) is 15.4. The number of fused-ring (bicyclic) bond motifs is 5. The highest BCUT2D eigenvalue weighted by atomic mass is 16.6. The molecule has 0 spiro atoms. The Kier molecular flexibility index (Phi) is 11.6. The third-order valence-electron chi connectivity index (χ3n) is 16.1. The van der Waals surface area contributed by atoms with Crippen molar-refractivity contribution >= 4 is 0 Å². The summed E-state index contributed by atoms with van der Waals surface area (Å²) < 4.78 is 17.2. The monoisotopic (exact) mass is 762 g/mol. The van der Waals surface area contributed by atoms with Gasteiger partial charge < -0.3 is 60.2 Å². The summed E-state index contributed by atoms with van der Waals surface area (Å²) in [7, 11) is 0. The molecular weight excluding hydrogens is 696 g/mol. The van der Waals surface area contributed by atoms with E-state index < -0.39 is 60.0 Å². The van der Waals surface area contributed by atoms with Crippen LogP contribution < -0.4 is 0 Å². The first kappa shape index (κ1) is 40.8. The zero-order chi connectivity index (χ0) is 38.9. The van der Waals surface area contributed by atoms with Gasteiger partial charge >= 0.3 is 0 Å². The van der Waals surface area contributed by atoms with E-state index in [9.17, 15) is 46.0 Å². The highest BCUT2D eigenvalue weighted by Crippen LogP contribution is 2.70. The molecule has 8 rings (SSSR count). The van der Waals surface area contributed by atoms with Crippen LogP contribution in [0.4, 0.5) is 0 Å². The lowest BCUT2D eigenvalue weighted by Crippen LogP contribution is -2.67. The van der Waals surface area contributed by atoms with Crippen LogP contribution in [0.15, 0.2) is 24.3 Å². The number of ether oxygens (including phenoxy) is 3. The molecule has 20 atom stereocenters. The van der Waals surface area contributed by atoms with Crippen LogP contribution in [0.5, 0.6) is 5.75 Å². The number of aliphatic hydroxyl groups excluding tert-OH is 7. The van der Waals surface area contributed by atoms with E-state index in [1.165, 1.54) is 0 Å². The Bertz CT molecular complexity index is 1400.